The Bertz CT molecular complexity index is 1040. The molecule has 8 nitrogen and oxygen atoms in total. The summed E-state index contributed by atoms with van der Waals surface area (Å²) in [6.45, 7) is 0. The van der Waals surface area contributed by atoms with E-state index in [4.69, 9.17) is 0 Å². The average molecular weight is 408 g/mol. The fourth-order valence-corrected chi connectivity index (χ4v) is 3.16. The Kier molecular flexibility index (Phi) is 6.54. The number of nitrogens with zero attached hydrogens (tertiary/aromatic N) is 2. The van der Waals surface area contributed by atoms with E-state index in [1.165, 1.54) is 36.0 Å². The topological polar surface area (TPSA) is 114 Å². The third-order valence-corrected chi connectivity index (χ3v) is 4.74. The van der Waals surface area contributed by atoms with Gasteiger partial charge in [-0.05, 0) is 36.4 Å². The van der Waals surface area contributed by atoms with E-state index in [2.05, 4.69) is 15.6 Å². The van der Waals surface area contributed by atoms with Crippen LogP contribution in [0, 0.1) is 10.1 Å². The average Bonchev–Trinajstić information content (AvgIpc) is 2.73. The second kappa shape index (κ2) is 9.47. The summed E-state index contributed by atoms with van der Waals surface area (Å²) < 4.78 is 0. The van der Waals surface area contributed by atoms with E-state index in [-0.39, 0.29) is 22.9 Å². The number of carbonyl (C=O) groups excluding carboxylic acids is 2. The minimum atomic E-state index is -0.551. The number of thioether (sulfide) groups is 1. The van der Waals surface area contributed by atoms with Crippen LogP contribution in [0.3, 0.4) is 0 Å². The number of nitrogens with one attached hydrogen (secondary N) is 2. The molecule has 2 amide bonds. The van der Waals surface area contributed by atoms with Crippen LogP contribution in [0.2, 0.25) is 0 Å². The Morgan fingerprint density at radius 2 is 1.72 bits per heavy atom. The van der Waals surface area contributed by atoms with Crippen molar-refractivity contribution in [3.63, 3.8) is 0 Å². The lowest BCUT2D eigenvalue weighted by Crippen LogP contribution is -2.14. The molecule has 0 bridgehead atoms. The standard InChI is InChI=1S/C20H16N4O4S/c25-19(22-15-7-9-21-10-8-15)13-29-18-6-2-4-16(12-18)23-20(26)14-3-1-5-17(11-14)24(27)28/h1-12H,13H2,(H,23,26)(H,21,22,25). The molecule has 1 heterocycles. The van der Waals surface area contributed by atoms with Crippen molar-refractivity contribution in [3.8, 4) is 0 Å². The van der Waals surface area contributed by atoms with Gasteiger partial charge in [0.25, 0.3) is 11.6 Å². The van der Waals surface area contributed by atoms with Crippen molar-refractivity contribution in [2.45, 2.75) is 4.90 Å². The van der Waals surface area contributed by atoms with Crippen molar-refractivity contribution in [1.29, 1.82) is 0 Å². The largest absolute Gasteiger partial charge is 0.325 e. The first-order chi connectivity index (χ1) is 14.0. The van der Waals surface area contributed by atoms with E-state index in [0.29, 0.717) is 11.4 Å². The maximum Gasteiger partial charge on any atom is 0.270 e. The molecule has 2 aromatic carbocycles. The van der Waals surface area contributed by atoms with E-state index in [1.54, 1.807) is 42.7 Å². The number of nitro groups is 1. The van der Waals surface area contributed by atoms with Crippen LogP contribution in [0.25, 0.3) is 0 Å². The van der Waals surface area contributed by atoms with Crippen molar-refractivity contribution in [3.05, 3.63) is 88.7 Å². The molecule has 0 unspecified atom stereocenters. The van der Waals surface area contributed by atoms with Gasteiger partial charge in [0.1, 0.15) is 0 Å². The summed E-state index contributed by atoms with van der Waals surface area (Å²) in [4.78, 5) is 39.4. The number of benzene rings is 2. The molecule has 0 aliphatic heterocycles. The summed E-state index contributed by atoms with van der Waals surface area (Å²) in [5.74, 6) is -0.413. The molecule has 9 heteroatoms. The van der Waals surface area contributed by atoms with Crippen LogP contribution in [-0.4, -0.2) is 27.5 Å². The number of hydrogen-bond acceptors (Lipinski definition) is 6. The highest BCUT2D eigenvalue weighted by molar-refractivity contribution is 8.00. The first-order valence-corrected chi connectivity index (χ1v) is 9.48. The molecule has 2 N–H and O–H groups in total. The minimum Gasteiger partial charge on any atom is -0.325 e. The summed E-state index contributed by atoms with van der Waals surface area (Å²) >= 11 is 1.32. The van der Waals surface area contributed by atoms with Gasteiger partial charge < -0.3 is 10.6 Å². The van der Waals surface area contributed by atoms with Gasteiger partial charge in [0.2, 0.25) is 5.91 Å². The zero-order valence-corrected chi connectivity index (χ0v) is 15.9. The van der Waals surface area contributed by atoms with Crippen LogP contribution in [0.1, 0.15) is 10.4 Å². The van der Waals surface area contributed by atoms with Crippen molar-refractivity contribution >= 4 is 40.6 Å². The summed E-state index contributed by atoms with van der Waals surface area (Å²) in [5.41, 5.74) is 1.24. The number of nitro benzene ring substituents is 1. The van der Waals surface area contributed by atoms with Gasteiger partial charge in [0, 0.05) is 46.4 Å². The third kappa shape index (κ3) is 5.88. The first-order valence-electron chi connectivity index (χ1n) is 8.50. The minimum absolute atomic E-state index is 0.151. The molecule has 0 aliphatic rings. The molecule has 0 fully saturated rings. The molecule has 3 aromatic rings. The third-order valence-electron chi connectivity index (χ3n) is 3.75. The molecule has 0 saturated carbocycles. The van der Waals surface area contributed by atoms with Gasteiger partial charge in [-0.2, -0.15) is 0 Å². The number of carbonyl (C=O) groups is 2. The molecular weight excluding hydrogens is 392 g/mol. The molecule has 0 atom stereocenters. The molecule has 3 rings (SSSR count). The molecule has 0 radical (unpaired) electrons. The highest BCUT2D eigenvalue weighted by Gasteiger charge is 2.12. The van der Waals surface area contributed by atoms with Crippen LogP contribution >= 0.6 is 11.8 Å². The number of hydrogen-bond donors (Lipinski definition) is 2. The lowest BCUT2D eigenvalue weighted by Gasteiger charge is -2.08. The van der Waals surface area contributed by atoms with Crippen LogP contribution < -0.4 is 10.6 Å². The Labute approximate surface area is 170 Å². The zero-order valence-electron chi connectivity index (χ0n) is 15.1. The number of anilines is 2. The van der Waals surface area contributed by atoms with Gasteiger partial charge in [-0.3, -0.25) is 24.7 Å². The fraction of sp³-hybridized carbons (Fsp3) is 0.0500. The summed E-state index contributed by atoms with van der Waals surface area (Å²) in [5, 5.41) is 16.3. The van der Waals surface area contributed by atoms with Crippen molar-refractivity contribution < 1.29 is 14.5 Å². The first kappa shape index (κ1) is 20.0. The van der Waals surface area contributed by atoms with Gasteiger partial charge in [0.15, 0.2) is 0 Å². The van der Waals surface area contributed by atoms with Gasteiger partial charge in [-0.15, -0.1) is 11.8 Å². The van der Waals surface area contributed by atoms with Crippen molar-refractivity contribution in [1.82, 2.24) is 4.98 Å². The van der Waals surface area contributed by atoms with Crippen molar-refractivity contribution in [2.75, 3.05) is 16.4 Å². The second-order valence-electron chi connectivity index (χ2n) is 5.86. The second-order valence-corrected chi connectivity index (χ2v) is 6.91. The number of rotatable bonds is 7. The Balaban J connectivity index is 1.59. The van der Waals surface area contributed by atoms with Gasteiger partial charge in [-0.1, -0.05) is 12.1 Å². The molecule has 29 heavy (non-hydrogen) atoms. The Morgan fingerprint density at radius 1 is 0.966 bits per heavy atom. The molecular formula is C20H16N4O4S. The predicted octanol–water partition coefficient (Wildman–Crippen LogP) is 3.97. The van der Waals surface area contributed by atoms with E-state index >= 15 is 0 Å². The van der Waals surface area contributed by atoms with Crippen LogP contribution in [-0.2, 0) is 4.79 Å². The molecule has 1 aromatic heterocycles. The zero-order chi connectivity index (χ0) is 20.6. The van der Waals surface area contributed by atoms with Crippen molar-refractivity contribution in [2.24, 2.45) is 0 Å². The molecule has 0 saturated heterocycles. The van der Waals surface area contributed by atoms with Gasteiger partial charge in [-0.25, -0.2) is 0 Å². The maximum atomic E-state index is 12.4. The highest BCUT2D eigenvalue weighted by atomic mass is 32.2. The van der Waals surface area contributed by atoms with Gasteiger partial charge in [0.05, 0.1) is 10.7 Å². The smallest absolute Gasteiger partial charge is 0.270 e. The maximum absolute atomic E-state index is 12.4. The Morgan fingerprint density at radius 3 is 2.48 bits per heavy atom. The van der Waals surface area contributed by atoms with Crippen LogP contribution in [0.4, 0.5) is 17.1 Å². The molecule has 146 valence electrons. The van der Waals surface area contributed by atoms with Gasteiger partial charge >= 0.3 is 0 Å². The number of amides is 2. The number of pyridine rings is 1. The summed E-state index contributed by atoms with van der Waals surface area (Å²) in [6.07, 6.45) is 3.19. The Hall–Kier alpha value is -3.72. The highest BCUT2D eigenvalue weighted by Crippen LogP contribution is 2.23. The van der Waals surface area contributed by atoms with E-state index < -0.39 is 10.8 Å². The molecule has 0 spiro atoms. The lowest BCUT2D eigenvalue weighted by molar-refractivity contribution is -0.384. The fourth-order valence-electron chi connectivity index (χ4n) is 2.41. The normalized spacial score (nSPS) is 10.2. The lowest BCUT2D eigenvalue weighted by atomic mass is 10.2. The van der Waals surface area contributed by atoms with E-state index in [0.717, 1.165) is 4.90 Å². The van der Waals surface area contributed by atoms with E-state index in [9.17, 15) is 19.7 Å². The number of non-ortho nitro benzene ring substituents is 1. The predicted molar refractivity (Wildman–Crippen MR) is 111 cm³/mol. The monoisotopic (exact) mass is 408 g/mol. The number of aromatic nitrogens is 1. The quantitative estimate of drug-likeness (QED) is 0.347. The van der Waals surface area contributed by atoms with Crippen LogP contribution in [0.5, 0.6) is 0 Å². The summed E-state index contributed by atoms with van der Waals surface area (Å²) in [6, 6.07) is 15.9. The van der Waals surface area contributed by atoms with E-state index in [1.807, 2.05) is 6.07 Å². The SMILES string of the molecule is O=C(CSc1cccc(NC(=O)c2cccc([N+](=O)[O-])c2)c1)Nc1ccncc1. The van der Waals surface area contributed by atoms with Crippen LogP contribution in [0.15, 0.2) is 78.0 Å². The summed E-state index contributed by atoms with van der Waals surface area (Å²) in [7, 11) is 0. The molecule has 0 aliphatic carbocycles.